The molecule has 82 valence electrons. The summed E-state index contributed by atoms with van der Waals surface area (Å²) in [6.45, 7) is 0. The van der Waals surface area contributed by atoms with E-state index in [4.69, 9.17) is 0 Å². The number of halogens is 2. The molecule has 2 aromatic rings. The lowest BCUT2D eigenvalue weighted by Gasteiger charge is -2.04. The van der Waals surface area contributed by atoms with Gasteiger partial charge in [-0.1, -0.05) is 15.9 Å². The summed E-state index contributed by atoms with van der Waals surface area (Å²) in [4.78, 5) is 15.4. The molecule has 0 bridgehead atoms. The summed E-state index contributed by atoms with van der Waals surface area (Å²) < 4.78 is 14.0. The summed E-state index contributed by atoms with van der Waals surface area (Å²) in [6, 6.07) is 4.43. The van der Waals surface area contributed by atoms with Crippen LogP contribution in [0, 0.1) is 5.82 Å². The Bertz CT molecular complexity index is 516. The van der Waals surface area contributed by atoms with Crippen molar-refractivity contribution in [2.45, 2.75) is 0 Å². The number of hydrogen-bond acceptors (Lipinski definition) is 3. The van der Waals surface area contributed by atoms with Crippen LogP contribution < -0.4 is 5.32 Å². The van der Waals surface area contributed by atoms with Gasteiger partial charge in [0.05, 0.1) is 11.2 Å². The monoisotopic (exact) mass is 300 g/mol. The van der Waals surface area contributed by atoms with E-state index in [0.29, 0.717) is 4.47 Å². The smallest absolute Gasteiger partial charge is 0.275 e. The van der Waals surface area contributed by atoms with E-state index in [-0.39, 0.29) is 11.4 Å². The number of hydrogen-bond donors (Lipinski definition) is 1. The van der Waals surface area contributed by atoms with Crippen molar-refractivity contribution < 1.29 is 9.18 Å². The van der Waals surface area contributed by atoms with E-state index in [2.05, 4.69) is 26.2 Å². The number of anilines is 1. The lowest BCUT2D eigenvalue weighted by Crippen LogP contribution is -2.13. The van der Waals surface area contributed by atoms with Crippen LogP contribution in [-0.4, -0.2) is 10.9 Å². The van der Waals surface area contributed by atoms with Crippen molar-refractivity contribution in [3.05, 3.63) is 45.1 Å². The summed E-state index contributed by atoms with van der Waals surface area (Å²) in [5.41, 5.74) is 1.97. The first-order valence-corrected chi connectivity index (χ1v) is 6.05. The topological polar surface area (TPSA) is 42.0 Å². The number of carbonyl (C=O) groups is 1. The molecule has 2 rings (SSSR count). The molecule has 0 saturated carbocycles. The Hall–Kier alpha value is -1.27. The predicted octanol–water partition coefficient (Wildman–Crippen LogP) is 3.30. The molecular formula is C10H6BrFN2OS. The van der Waals surface area contributed by atoms with E-state index in [1.807, 2.05) is 0 Å². The maximum absolute atomic E-state index is 13.4. The highest BCUT2D eigenvalue weighted by molar-refractivity contribution is 9.10. The molecule has 0 spiro atoms. The van der Waals surface area contributed by atoms with Crippen molar-refractivity contribution >= 4 is 38.9 Å². The molecule has 0 aliphatic rings. The summed E-state index contributed by atoms with van der Waals surface area (Å²) >= 11 is 4.45. The van der Waals surface area contributed by atoms with Crippen LogP contribution in [0.2, 0.25) is 0 Å². The minimum Gasteiger partial charge on any atom is -0.318 e. The van der Waals surface area contributed by atoms with Crippen molar-refractivity contribution in [2.75, 3.05) is 5.32 Å². The van der Waals surface area contributed by atoms with Gasteiger partial charge in [-0.15, -0.1) is 11.3 Å². The van der Waals surface area contributed by atoms with E-state index < -0.39 is 11.7 Å². The van der Waals surface area contributed by atoms with Gasteiger partial charge in [-0.25, -0.2) is 9.37 Å². The Kier molecular flexibility index (Phi) is 3.31. The molecule has 0 aliphatic heterocycles. The third-order valence-corrected chi connectivity index (χ3v) is 2.92. The maximum atomic E-state index is 13.4. The van der Waals surface area contributed by atoms with Gasteiger partial charge in [0, 0.05) is 9.85 Å². The Labute approximate surface area is 103 Å². The van der Waals surface area contributed by atoms with Crippen LogP contribution in [0.25, 0.3) is 0 Å². The molecule has 1 amide bonds. The average molecular weight is 301 g/mol. The van der Waals surface area contributed by atoms with E-state index in [9.17, 15) is 9.18 Å². The van der Waals surface area contributed by atoms with Crippen LogP contribution in [0.15, 0.2) is 33.6 Å². The minimum atomic E-state index is -0.488. The number of nitrogens with one attached hydrogen (secondary N) is 1. The van der Waals surface area contributed by atoms with Crippen molar-refractivity contribution in [2.24, 2.45) is 0 Å². The lowest BCUT2D eigenvalue weighted by atomic mass is 10.3. The highest BCUT2D eigenvalue weighted by Crippen LogP contribution is 2.19. The second kappa shape index (κ2) is 4.71. The Morgan fingerprint density at radius 1 is 1.50 bits per heavy atom. The Morgan fingerprint density at radius 2 is 2.31 bits per heavy atom. The molecule has 6 heteroatoms. The highest BCUT2D eigenvalue weighted by Gasteiger charge is 2.10. The fourth-order valence-electron chi connectivity index (χ4n) is 1.10. The zero-order chi connectivity index (χ0) is 11.5. The molecule has 16 heavy (non-hydrogen) atoms. The van der Waals surface area contributed by atoms with Gasteiger partial charge in [0.15, 0.2) is 0 Å². The molecule has 0 saturated heterocycles. The predicted molar refractivity (Wildman–Crippen MR) is 64.2 cm³/mol. The number of carbonyl (C=O) groups excluding carboxylic acids is 1. The number of thiazole rings is 1. The summed E-state index contributed by atoms with van der Waals surface area (Å²) in [6.07, 6.45) is 0. The Balaban J connectivity index is 2.18. The lowest BCUT2D eigenvalue weighted by molar-refractivity contribution is 0.102. The summed E-state index contributed by atoms with van der Waals surface area (Å²) in [5.74, 6) is -0.902. The highest BCUT2D eigenvalue weighted by atomic mass is 79.9. The van der Waals surface area contributed by atoms with Crippen LogP contribution in [0.1, 0.15) is 10.5 Å². The molecule has 1 aromatic carbocycles. The molecule has 0 aliphatic carbocycles. The van der Waals surface area contributed by atoms with Crippen LogP contribution in [0.5, 0.6) is 0 Å². The number of rotatable bonds is 2. The van der Waals surface area contributed by atoms with E-state index in [1.54, 1.807) is 17.0 Å². The molecular weight excluding hydrogens is 295 g/mol. The fourth-order valence-corrected chi connectivity index (χ4v) is 1.97. The number of nitrogens with zero attached hydrogens (tertiary/aromatic N) is 1. The van der Waals surface area contributed by atoms with Gasteiger partial charge in [-0.3, -0.25) is 4.79 Å². The zero-order valence-electron chi connectivity index (χ0n) is 7.91. The SMILES string of the molecule is O=C(Nc1ccc(Br)cc1F)c1cscn1. The van der Waals surface area contributed by atoms with Crippen molar-refractivity contribution in [1.29, 1.82) is 0 Å². The summed E-state index contributed by atoms with van der Waals surface area (Å²) in [7, 11) is 0. The molecule has 1 N–H and O–H groups in total. The standard InChI is InChI=1S/C10H6BrFN2OS/c11-6-1-2-8(7(12)3-6)14-10(15)9-4-16-5-13-9/h1-5H,(H,14,15). The first-order valence-electron chi connectivity index (χ1n) is 4.31. The molecule has 0 radical (unpaired) electrons. The molecule has 1 heterocycles. The van der Waals surface area contributed by atoms with E-state index in [1.165, 1.54) is 23.5 Å². The van der Waals surface area contributed by atoms with Crippen LogP contribution in [0.4, 0.5) is 10.1 Å². The van der Waals surface area contributed by atoms with Gasteiger partial charge in [-0.2, -0.15) is 0 Å². The molecule has 3 nitrogen and oxygen atoms in total. The second-order valence-corrected chi connectivity index (χ2v) is 4.59. The summed E-state index contributed by atoms with van der Waals surface area (Å²) in [5, 5.41) is 4.05. The van der Waals surface area contributed by atoms with Crippen LogP contribution in [-0.2, 0) is 0 Å². The van der Waals surface area contributed by atoms with Crippen molar-refractivity contribution in [3.63, 3.8) is 0 Å². The van der Waals surface area contributed by atoms with Gasteiger partial charge in [0.2, 0.25) is 0 Å². The number of amides is 1. The van der Waals surface area contributed by atoms with Crippen molar-refractivity contribution in [3.8, 4) is 0 Å². The van der Waals surface area contributed by atoms with Gasteiger partial charge >= 0.3 is 0 Å². The zero-order valence-corrected chi connectivity index (χ0v) is 10.3. The Morgan fingerprint density at radius 3 is 2.94 bits per heavy atom. The van der Waals surface area contributed by atoms with E-state index in [0.717, 1.165) is 0 Å². The average Bonchev–Trinajstić information content (AvgIpc) is 2.75. The quantitative estimate of drug-likeness (QED) is 0.924. The van der Waals surface area contributed by atoms with Crippen LogP contribution >= 0.6 is 27.3 Å². The normalized spacial score (nSPS) is 10.1. The maximum Gasteiger partial charge on any atom is 0.275 e. The molecule has 0 fully saturated rings. The van der Waals surface area contributed by atoms with E-state index >= 15 is 0 Å². The fraction of sp³-hybridized carbons (Fsp3) is 0. The first kappa shape index (κ1) is 11.2. The second-order valence-electron chi connectivity index (χ2n) is 2.95. The van der Waals surface area contributed by atoms with Gasteiger partial charge in [0.1, 0.15) is 11.5 Å². The van der Waals surface area contributed by atoms with Crippen LogP contribution in [0.3, 0.4) is 0 Å². The third kappa shape index (κ3) is 2.45. The molecule has 1 aromatic heterocycles. The van der Waals surface area contributed by atoms with Gasteiger partial charge < -0.3 is 5.32 Å². The van der Waals surface area contributed by atoms with Gasteiger partial charge in [0.25, 0.3) is 5.91 Å². The number of benzene rings is 1. The van der Waals surface area contributed by atoms with Crippen molar-refractivity contribution in [1.82, 2.24) is 4.98 Å². The third-order valence-electron chi connectivity index (χ3n) is 1.84. The molecule has 0 atom stereocenters. The molecule has 0 unspecified atom stereocenters. The van der Waals surface area contributed by atoms with Gasteiger partial charge in [-0.05, 0) is 18.2 Å². The minimum absolute atomic E-state index is 0.140. The largest absolute Gasteiger partial charge is 0.318 e. The number of aromatic nitrogens is 1. The first-order chi connectivity index (χ1) is 7.66.